The second-order valence-corrected chi connectivity index (χ2v) is 6.38. The monoisotopic (exact) mass is 322 g/mol. The standard InChI is InChI=1S/C13H20F6O2/c1-7-4-5-8(10(2,20)12(14,15)16)6-9(7)11(3,21)13(17,18)19/h7-9,20-21H,4-6H2,1-3H3. The maximum Gasteiger partial charge on any atom is 0.417 e. The summed E-state index contributed by atoms with van der Waals surface area (Å²) in [6.45, 7) is 2.63. The maximum atomic E-state index is 12.9. The van der Waals surface area contributed by atoms with Crippen molar-refractivity contribution >= 4 is 0 Å². The number of aliphatic hydroxyl groups is 2. The zero-order chi connectivity index (χ0) is 16.9. The van der Waals surface area contributed by atoms with Crippen LogP contribution in [-0.4, -0.2) is 33.8 Å². The Bertz CT molecular complexity index is 372. The zero-order valence-electron chi connectivity index (χ0n) is 12.0. The van der Waals surface area contributed by atoms with Crippen LogP contribution in [0.15, 0.2) is 0 Å². The Kier molecular flexibility index (Phi) is 4.68. The van der Waals surface area contributed by atoms with E-state index in [4.69, 9.17) is 0 Å². The first-order valence-corrected chi connectivity index (χ1v) is 6.70. The van der Waals surface area contributed by atoms with E-state index in [1.165, 1.54) is 6.92 Å². The van der Waals surface area contributed by atoms with Gasteiger partial charge < -0.3 is 10.2 Å². The Morgan fingerprint density at radius 1 is 0.810 bits per heavy atom. The summed E-state index contributed by atoms with van der Waals surface area (Å²) in [4.78, 5) is 0. The van der Waals surface area contributed by atoms with E-state index in [0.29, 0.717) is 13.8 Å². The van der Waals surface area contributed by atoms with Gasteiger partial charge in [0.05, 0.1) is 0 Å². The number of alkyl halides is 6. The van der Waals surface area contributed by atoms with Gasteiger partial charge in [0.1, 0.15) is 0 Å². The van der Waals surface area contributed by atoms with Crippen molar-refractivity contribution in [1.29, 1.82) is 0 Å². The lowest BCUT2D eigenvalue weighted by molar-refractivity contribution is -0.299. The molecule has 1 rings (SSSR count). The molecule has 2 nitrogen and oxygen atoms in total. The second-order valence-electron chi connectivity index (χ2n) is 6.38. The van der Waals surface area contributed by atoms with Crippen LogP contribution >= 0.6 is 0 Å². The molecule has 1 aliphatic carbocycles. The Morgan fingerprint density at radius 2 is 1.24 bits per heavy atom. The van der Waals surface area contributed by atoms with Crippen molar-refractivity contribution in [2.24, 2.45) is 17.8 Å². The van der Waals surface area contributed by atoms with Crippen LogP contribution in [-0.2, 0) is 0 Å². The first-order valence-electron chi connectivity index (χ1n) is 6.70. The highest BCUT2D eigenvalue weighted by atomic mass is 19.4. The van der Waals surface area contributed by atoms with Crippen molar-refractivity contribution in [3.8, 4) is 0 Å². The third-order valence-corrected chi connectivity index (χ3v) is 4.86. The van der Waals surface area contributed by atoms with Gasteiger partial charge in [0.15, 0.2) is 11.2 Å². The van der Waals surface area contributed by atoms with Gasteiger partial charge in [-0.15, -0.1) is 0 Å². The highest BCUT2D eigenvalue weighted by Crippen LogP contribution is 2.51. The molecule has 8 heteroatoms. The Hall–Kier alpha value is -0.500. The highest BCUT2D eigenvalue weighted by Gasteiger charge is 2.61. The van der Waals surface area contributed by atoms with E-state index in [-0.39, 0.29) is 12.8 Å². The van der Waals surface area contributed by atoms with Crippen LogP contribution in [0, 0.1) is 17.8 Å². The predicted octanol–water partition coefficient (Wildman–Crippen LogP) is 3.67. The number of rotatable bonds is 2. The molecule has 0 heterocycles. The van der Waals surface area contributed by atoms with E-state index in [1.54, 1.807) is 0 Å². The molecular weight excluding hydrogens is 302 g/mol. The molecule has 21 heavy (non-hydrogen) atoms. The van der Waals surface area contributed by atoms with Crippen LogP contribution in [0.5, 0.6) is 0 Å². The molecule has 5 unspecified atom stereocenters. The third kappa shape index (κ3) is 3.31. The molecule has 0 spiro atoms. The minimum absolute atomic E-state index is 0.0296. The van der Waals surface area contributed by atoms with Gasteiger partial charge >= 0.3 is 12.4 Å². The van der Waals surface area contributed by atoms with Gasteiger partial charge in [-0.25, -0.2) is 0 Å². The number of hydrogen-bond acceptors (Lipinski definition) is 2. The Balaban J connectivity index is 3.05. The van der Waals surface area contributed by atoms with E-state index in [2.05, 4.69) is 0 Å². The van der Waals surface area contributed by atoms with Crippen LogP contribution in [0.1, 0.15) is 40.0 Å². The lowest BCUT2D eigenvalue weighted by Gasteiger charge is -2.47. The van der Waals surface area contributed by atoms with Crippen molar-refractivity contribution in [2.45, 2.75) is 63.6 Å². The zero-order valence-corrected chi connectivity index (χ0v) is 12.0. The van der Waals surface area contributed by atoms with E-state index < -0.39 is 47.7 Å². The third-order valence-electron chi connectivity index (χ3n) is 4.86. The molecule has 0 aromatic rings. The van der Waals surface area contributed by atoms with Crippen molar-refractivity contribution in [1.82, 2.24) is 0 Å². The van der Waals surface area contributed by atoms with Crippen molar-refractivity contribution in [2.75, 3.05) is 0 Å². The molecule has 0 aromatic carbocycles. The summed E-state index contributed by atoms with van der Waals surface area (Å²) in [6, 6.07) is 0. The van der Waals surface area contributed by atoms with E-state index in [0.717, 1.165) is 0 Å². The van der Waals surface area contributed by atoms with E-state index in [9.17, 15) is 36.6 Å². The van der Waals surface area contributed by atoms with Gasteiger partial charge in [0.2, 0.25) is 0 Å². The molecule has 0 saturated heterocycles. The summed E-state index contributed by atoms with van der Waals surface area (Å²) in [6.07, 6.45) is -10.3. The fourth-order valence-electron chi connectivity index (χ4n) is 3.06. The normalized spacial score (nSPS) is 34.1. The van der Waals surface area contributed by atoms with Crippen molar-refractivity contribution in [3.05, 3.63) is 0 Å². The average Bonchev–Trinajstić information content (AvgIpc) is 2.25. The molecular formula is C13H20F6O2. The Morgan fingerprint density at radius 3 is 1.62 bits per heavy atom. The molecule has 0 bridgehead atoms. The molecule has 5 atom stereocenters. The fourth-order valence-corrected chi connectivity index (χ4v) is 3.06. The van der Waals surface area contributed by atoms with Gasteiger partial charge in [-0.1, -0.05) is 6.92 Å². The minimum atomic E-state index is -4.93. The summed E-state index contributed by atoms with van der Waals surface area (Å²) >= 11 is 0. The summed E-state index contributed by atoms with van der Waals surface area (Å²) < 4.78 is 77.3. The largest absolute Gasteiger partial charge is 0.417 e. The van der Waals surface area contributed by atoms with Crippen molar-refractivity contribution < 1.29 is 36.6 Å². The van der Waals surface area contributed by atoms with Gasteiger partial charge in [0, 0.05) is 0 Å². The van der Waals surface area contributed by atoms with Gasteiger partial charge in [0.25, 0.3) is 0 Å². The number of halogens is 6. The summed E-state index contributed by atoms with van der Waals surface area (Å²) in [5.74, 6) is -3.33. The SMILES string of the molecule is CC1CCC(C(C)(O)C(F)(F)F)CC1C(C)(O)C(F)(F)F. The van der Waals surface area contributed by atoms with Crippen LogP contribution in [0.3, 0.4) is 0 Å². The summed E-state index contributed by atoms with van der Waals surface area (Å²) in [7, 11) is 0. The van der Waals surface area contributed by atoms with Gasteiger partial charge in [-0.05, 0) is 50.9 Å². The van der Waals surface area contributed by atoms with Crippen LogP contribution < -0.4 is 0 Å². The summed E-state index contributed by atoms with van der Waals surface area (Å²) in [5.41, 5.74) is -6.14. The minimum Gasteiger partial charge on any atom is -0.380 e. The number of hydrogen-bond donors (Lipinski definition) is 2. The first-order chi connectivity index (χ1) is 9.12. The van der Waals surface area contributed by atoms with Gasteiger partial charge in [-0.3, -0.25) is 0 Å². The molecule has 0 radical (unpaired) electrons. The highest BCUT2D eigenvalue weighted by molar-refractivity contribution is 5.00. The molecule has 1 aliphatic rings. The molecule has 0 aromatic heterocycles. The smallest absolute Gasteiger partial charge is 0.380 e. The molecule has 1 fully saturated rings. The van der Waals surface area contributed by atoms with Crippen molar-refractivity contribution in [3.63, 3.8) is 0 Å². The second kappa shape index (κ2) is 5.30. The molecule has 0 amide bonds. The average molecular weight is 322 g/mol. The van der Waals surface area contributed by atoms with Gasteiger partial charge in [-0.2, -0.15) is 26.3 Å². The van der Waals surface area contributed by atoms with E-state index >= 15 is 0 Å². The van der Waals surface area contributed by atoms with Crippen LogP contribution in [0.4, 0.5) is 26.3 Å². The fraction of sp³-hybridized carbons (Fsp3) is 1.00. The predicted molar refractivity (Wildman–Crippen MR) is 63.4 cm³/mol. The Labute approximate surface area is 119 Å². The maximum absolute atomic E-state index is 12.9. The van der Waals surface area contributed by atoms with Crippen LogP contribution in [0.25, 0.3) is 0 Å². The summed E-state index contributed by atoms with van der Waals surface area (Å²) in [5, 5.41) is 19.4. The first kappa shape index (κ1) is 18.5. The van der Waals surface area contributed by atoms with E-state index in [1.807, 2.05) is 0 Å². The topological polar surface area (TPSA) is 40.5 Å². The molecule has 126 valence electrons. The lowest BCUT2D eigenvalue weighted by atomic mass is 9.64. The van der Waals surface area contributed by atoms with Crippen LogP contribution in [0.2, 0.25) is 0 Å². The molecule has 0 aliphatic heterocycles. The molecule has 2 N–H and O–H groups in total. The quantitative estimate of drug-likeness (QED) is 0.762. The lowest BCUT2D eigenvalue weighted by Crippen LogP contribution is -2.56. The molecule has 1 saturated carbocycles.